The molecule has 0 aliphatic heterocycles. The van der Waals surface area contributed by atoms with Crippen LogP contribution in [-0.4, -0.2) is 18.3 Å². The average Bonchev–Trinajstić information content (AvgIpc) is 2.66. The standard InChI is InChI=1S/C74H48N6S2/c1-41-36-54-50-31-33-53-49-23-11-17-29-65(49)82-73(53)70(50)80(63(54)37-42(41)2)71-67(77-58-24-12-6-18-44(58)45-19-7-13-25-59(45)77)56(39-75)66(57(40-76)68(71)78-60-26-14-8-20-46(60)47-21-9-15-27-61(47)78)79-62-35-30-43(74(3,4)5)38-55(62)51-32-34-52-48-22-10-16-28-64(48)81-72(52)69(51)79/h6-38H,1-5H3. The van der Waals surface area contributed by atoms with Crippen LogP contribution in [0.4, 0.5) is 0 Å². The zero-order chi connectivity index (χ0) is 55.0. The molecule has 8 heteroatoms. The highest BCUT2D eigenvalue weighted by Crippen LogP contribution is 2.52. The van der Waals surface area contributed by atoms with Gasteiger partial charge in [-0.3, -0.25) is 0 Å². The minimum Gasteiger partial charge on any atom is -0.306 e. The lowest BCUT2D eigenvalue weighted by molar-refractivity contribution is 0.591. The van der Waals surface area contributed by atoms with E-state index in [9.17, 15) is 10.5 Å². The summed E-state index contributed by atoms with van der Waals surface area (Å²) < 4.78 is 14.1. The first kappa shape index (κ1) is 46.9. The number of nitrogens with zero attached hydrogens (tertiary/aromatic N) is 6. The molecule has 6 heterocycles. The normalized spacial score (nSPS) is 12.4. The molecule has 6 aromatic heterocycles. The summed E-state index contributed by atoms with van der Waals surface area (Å²) in [4.78, 5) is 0. The highest BCUT2D eigenvalue weighted by Gasteiger charge is 2.36. The lowest BCUT2D eigenvalue weighted by Gasteiger charge is -2.27. The maximum Gasteiger partial charge on any atom is 0.104 e. The predicted octanol–water partition coefficient (Wildman–Crippen LogP) is 20.5. The number of nitriles is 2. The topological polar surface area (TPSA) is 67.3 Å². The Morgan fingerprint density at radius 3 is 1.16 bits per heavy atom. The first-order valence-electron chi connectivity index (χ1n) is 27.9. The molecule has 17 rings (SSSR count). The molecule has 0 N–H and O–H groups in total. The summed E-state index contributed by atoms with van der Waals surface area (Å²) in [7, 11) is 0. The number of hydrogen-bond acceptors (Lipinski definition) is 4. The van der Waals surface area contributed by atoms with Crippen molar-refractivity contribution in [2.24, 2.45) is 0 Å². The highest BCUT2D eigenvalue weighted by molar-refractivity contribution is 7.27. The van der Waals surface area contributed by atoms with Crippen molar-refractivity contribution >= 4 is 150 Å². The summed E-state index contributed by atoms with van der Waals surface area (Å²) in [5.74, 6) is 0. The van der Waals surface area contributed by atoms with E-state index in [1.807, 2.05) is 0 Å². The van der Waals surface area contributed by atoms with Crippen LogP contribution in [0.3, 0.4) is 0 Å². The SMILES string of the molecule is Cc1cc2c3ccc4c5ccccc5sc4c3n(-c3c(-n4c5ccccc5c5ccccc54)c(C#N)c(-n4c5ccc(C(C)(C)C)cc5c5ccc6c7ccccc7sc6c54)c(C#N)c3-n3c4ccccc4c4ccccc43)c2cc1C. The monoisotopic (exact) mass is 1080 g/mol. The van der Waals surface area contributed by atoms with Crippen molar-refractivity contribution in [1.82, 2.24) is 18.3 Å². The Labute approximate surface area is 479 Å². The van der Waals surface area contributed by atoms with Crippen molar-refractivity contribution in [2.75, 3.05) is 0 Å². The Balaban J connectivity index is 1.22. The van der Waals surface area contributed by atoms with E-state index in [1.54, 1.807) is 22.7 Å². The van der Waals surface area contributed by atoms with E-state index >= 15 is 0 Å². The van der Waals surface area contributed by atoms with Crippen molar-refractivity contribution < 1.29 is 0 Å². The molecular formula is C74H48N6S2. The number of para-hydroxylation sites is 4. The molecule has 0 aliphatic carbocycles. The summed E-state index contributed by atoms with van der Waals surface area (Å²) in [6.45, 7) is 11.2. The predicted molar refractivity (Wildman–Crippen MR) is 347 cm³/mol. The fraction of sp³-hybridized carbons (Fsp3) is 0.0811. The van der Waals surface area contributed by atoms with Crippen molar-refractivity contribution in [2.45, 2.75) is 40.0 Å². The number of hydrogen-bond donors (Lipinski definition) is 0. The van der Waals surface area contributed by atoms with Crippen LogP contribution < -0.4 is 0 Å². The van der Waals surface area contributed by atoms with Gasteiger partial charge in [-0.1, -0.05) is 160 Å². The third-order valence-electron chi connectivity index (χ3n) is 17.7. The first-order chi connectivity index (χ1) is 40.1. The smallest absolute Gasteiger partial charge is 0.104 e. The molecule has 0 bridgehead atoms. The van der Waals surface area contributed by atoms with E-state index < -0.39 is 0 Å². The van der Waals surface area contributed by atoms with E-state index in [4.69, 9.17) is 0 Å². The quantitative estimate of drug-likeness (QED) is 0.176. The van der Waals surface area contributed by atoms with Crippen molar-refractivity contribution in [3.05, 3.63) is 228 Å². The minimum absolute atomic E-state index is 0.159. The van der Waals surface area contributed by atoms with Crippen molar-refractivity contribution in [3.8, 4) is 34.9 Å². The Bertz CT molecular complexity index is 5550. The molecule has 0 unspecified atom stereocenters. The molecule has 386 valence electrons. The van der Waals surface area contributed by atoms with Crippen LogP contribution in [0.25, 0.3) is 150 Å². The Kier molecular flexibility index (Phi) is 9.61. The number of aryl methyl sites for hydroxylation is 2. The fourth-order valence-electron chi connectivity index (χ4n) is 13.9. The maximum absolute atomic E-state index is 12.9. The fourth-order valence-corrected chi connectivity index (χ4v) is 16.3. The summed E-state index contributed by atoms with van der Waals surface area (Å²) in [5.41, 5.74) is 14.5. The molecule has 6 nitrogen and oxygen atoms in total. The first-order valence-corrected chi connectivity index (χ1v) is 29.5. The third-order valence-corrected chi connectivity index (χ3v) is 20.1. The zero-order valence-corrected chi connectivity index (χ0v) is 47.2. The molecule has 17 aromatic rings. The van der Waals surface area contributed by atoms with E-state index in [0.717, 1.165) is 119 Å². The molecule has 0 fully saturated rings. The van der Waals surface area contributed by atoms with Crippen LogP contribution >= 0.6 is 22.7 Å². The molecule has 11 aromatic carbocycles. The molecule has 82 heavy (non-hydrogen) atoms. The van der Waals surface area contributed by atoms with Gasteiger partial charge in [-0.2, -0.15) is 10.5 Å². The van der Waals surface area contributed by atoms with Gasteiger partial charge < -0.3 is 18.3 Å². The molecular weight excluding hydrogens is 1040 g/mol. The van der Waals surface area contributed by atoms with Crippen molar-refractivity contribution in [3.63, 3.8) is 0 Å². The summed E-state index contributed by atoms with van der Waals surface area (Å²) in [6.07, 6.45) is 0. The number of aromatic nitrogens is 4. The van der Waals surface area contributed by atoms with E-state index in [1.165, 1.54) is 31.3 Å². The third kappa shape index (κ3) is 6.15. The summed E-state index contributed by atoms with van der Waals surface area (Å²) >= 11 is 3.57. The van der Waals surface area contributed by atoms with E-state index in [-0.39, 0.29) is 5.41 Å². The molecule has 0 radical (unpaired) electrons. The van der Waals surface area contributed by atoms with Crippen LogP contribution in [0.5, 0.6) is 0 Å². The molecule has 0 aliphatic rings. The van der Waals surface area contributed by atoms with E-state index in [2.05, 4.69) is 265 Å². The van der Waals surface area contributed by atoms with Crippen LogP contribution in [0, 0.1) is 36.5 Å². The van der Waals surface area contributed by atoms with Gasteiger partial charge in [-0.25, -0.2) is 0 Å². The van der Waals surface area contributed by atoms with Gasteiger partial charge >= 0.3 is 0 Å². The van der Waals surface area contributed by atoms with Crippen molar-refractivity contribution in [1.29, 1.82) is 10.5 Å². The van der Waals surface area contributed by atoms with Gasteiger partial charge in [-0.15, -0.1) is 22.7 Å². The molecule has 0 amide bonds. The van der Waals surface area contributed by atoms with Crippen LogP contribution in [-0.2, 0) is 5.41 Å². The largest absolute Gasteiger partial charge is 0.306 e. The van der Waals surface area contributed by atoms with Gasteiger partial charge in [0.05, 0.1) is 76.3 Å². The maximum atomic E-state index is 12.9. The highest BCUT2D eigenvalue weighted by atomic mass is 32.1. The van der Waals surface area contributed by atoms with Gasteiger partial charge in [0.25, 0.3) is 0 Å². The molecule has 0 atom stereocenters. The van der Waals surface area contributed by atoms with Gasteiger partial charge in [0.15, 0.2) is 0 Å². The molecule has 0 saturated carbocycles. The van der Waals surface area contributed by atoms with Crippen LogP contribution in [0.1, 0.15) is 48.6 Å². The number of thiophene rings is 2. The van der Waals surface area contributed by atoms with Gasteiger partial charge in [0.1, 0.15) is 23.3 Å². The second-order valence-corrected chi connectivity index (χ2v) is 25.2. The summed E-state index contributed by atoms with van der Waals surface area (Å²) in [6, 6.07) is 78.4. The summed E-state index contributed by atoms with van der Waals surface area (Å²) in [5, 5.41) is 39.2. The number of rotatable bonds is 4. The molecule has 0 saturated heterocycles. The number of fused-ring (bicyclic) bond motifs is 20. The Morgan fingerprint density at radius 1 is 0.329 bits per heavy atom. The Morgan fingerprint density at radius 2 is 0.707 bits per heavy atom. The zero-order valence-electron chi connectivity index (χ0n) is 45.6. The lowest BCUT2D eigenvalue weighted by atomic mass is 9.86. The Hall–Kier alpha value is -9.96. The molecule has 0 spiro atoms. The van der Waals surface area contributed by atoms with Gasteiger partial charge in [0.2, 0.25) is 0 Å². The lowest BCUT2D eigenvalue weighted by Crippen LogP contribution is -2.17. The van der Waals surface area contributed by atoms with Gasteiger partial charge in [-0.05, 0) is 96.6 Å². The van der Waals surface area contributed by atoms with Gasteiger partial charge in [0, 0.05) is 74.0 Å². The van der Waals surface area contributed by atoms with Crippen LogP contribution in [0.15, 0.2) is 200 Å². The second-order valence-electron chi connectivity index (χ2n) is 23.1. The average molecular weight is 1090 g/mol. The number of benzene rings is 11. The van der Waals surface area contributed by atoms with Crippen LogP contribution in [0.2, 0.25) is 0 Å². The van der Waals surface area contributed by atoms with E-state index in [0.29, 0.717) is 28.2 Å². The second kappa shape index (κ2) is 16.8. The minimum atomic E-state index is -0.159.